The molecule has 0 spiro atoms. The molecule has 4 heteroatoms. The molecule has 2 N–H and O–H groups in total. The van der Waals surface area contributed by atoms with Gasteiger partial charge in [0.25, 0.3) is 0 Å². The molecule has 1 saturated carbocycles. The summed E-state index contributed by atoms with van der Waals surface area (Å²) in [6.07, 6.45) is 10.5. The molecule has 0 bridgehead atoms. The van der Waals surface area contributed by atoms with Gasteiger partial charge in [-0.25, -0.2) is 0 Å². The highest BCUT2D eigenvalue weighted by atomic mass is 16.5. The zero-order chi connectivity index (χ0) is 14.4. The van der Waals surface area contributed by atoms with Crippen LogP contribution in [0, 0.1) is 0 Å². The zero-order valence-corrected chi connectivity index (χ0v) is 12.6. The minimum atomic E-state index is -0.251. The normalized spacial score (nSPS) is 20.1. The third-order valence-corrected chi connectivity index (χ3v) is 4.28. The summed E-state index contributed by atoms with van der Waals surface area (Å²) in [4.78, 5) is 4.23. The summed E-state index contributed by atoms with van der Waals surface area (Å²) in [5.41, 5.74) is 7.31. The number of rotatable bonds is 5. The van der Waals surface area contributed by atoms with Crippen molar-refractivity contribution in [2.45, 2.75) is 57.1 Å². The second kappa shape index (κ2) is 7.04. The van der Waals surface area contributed by atoms with E-state index in [1.54, 1.807) is 13.3 Å². The van der Waals surface area contributed by atoms with Gasteiger partial charge in [0.2, 0.25) is 0 Å². The van der Waals surface area contributed by atoms with Crippen molar-refractivity contribution in [1.82, 2.24) is 4.98 Å². The number of aromatic nitrogens is 1. The molecule has 4 nitrogen and oxygen atoms in total. The Morgan fingerprint density at radius 3 is 2.55 bits per heavy atom. The van der Waals surface area contributed by atoms with Crippen molar-refractivity contribution < 1.29 is 9.47 Å². The lowest BCUT2D eigenvalue weighted by molar-refractivity contribution is -0.0696. The van der Waals surface area contributed by atoms with Crippen molar-refractivity contribution in [2.24, 2.45) is 5.73 Å². The van der Waals surface area contributed by atoms with Crippen molar-refractivity contribution in [3.05, 3.63) is 24.0 Å². The van der Waals surface area contributed by atoms with Crippen molar-refractivity contribution >= 4 is 0 Å². The average Bonchev–Trinajstić information content (AvgIpc) is 2.73. The lowest BCUT2D eigenvalue weighted by Gasteiger charge is -2.38. The number of pyridine rings is 1. The highest BCUT2D eigenvalue weighted by Gasteiger charge is 2.38. The molecule has 1 atom stereocenters. The Morgan fingerprint density at radius 1 is 1.25 bits per heavy atom. The molecule has 1 aliphatic rings. The van der Waals surface area contributed by atoms with Crippen LogP contribution in [0.1, 0.15) is 57.1 Å². The van der Waals surface area contributed by atoms with Crippen molar-refractivity contribution in [3.8, 4) is 5.75 Å². The van der Waals surface area contributed by atoms with Crippen LogP contribution in [-0.4, -0.2) is 24.3 Å². The molecule has 0 radical (unpaired) electrons. The summed E-state index contributed by atoms with van der Waals surface area (Å²) >= 11 is 0. The largest absolute Gasteiger partial charge is 0.495 e. The van der Waals surface area contributed by atoms with E-state index in [4.69, 9.17) is 15.2 Å². The van der Waals surface area contributed by atoms with Crippen LogP contribution in [0.3, 0.4) is 0 Å². The maximum Gasteiger partial charge on any atom is 0.137 e. The molecule has 20 heavy (non-hydrogen) atoms. The van der Waals surface area contributed by atoms with Crippen molar-refractivity contribution in [2.75, 3.05) is 13.7 Å². The fourth-order valence-electron chi connectivity index (χ4n) is 3.18. The fourth-order valence-corrected chi connectivity index (χ4v) is 3.18. The molecule has 112 valence electrons. The van der Waals surface area contributed by atoms with E-state index in [-0.39, 0.29) is 11.6 Å². The molecule has 0 amide bonds. The summed E-state index contributed by atoms with van der Waals surface area (Å²) in [5.74, 6) is 0.748. The van der Waals surface area contributed by atoms with Crippen molar-refractivity contribution in [1.29, 1.82) is 0 Å². The lowest BCUT2D eigenvalue weighted by atomic mass is 9.83. The van der Waals surface area contributed by atoms with E-state index in [1.165, 1.54) is 25.7 Å². The zero-order valence-electron chi connectivity index (χ0n) is 12.6. The molecule has 0 aromatic carbocycles. The van der Waals surface area contributed by atoms with E-state index in [0.29, 0.717) is 6.61 Å². The van der Waals surface area contributed by atoms with E-state index in [2.05, 4.69) is 4.98 Å². The van der Waals surface area contributed by atoms with Gasteiger partial charge in [0.15, 0.2) is 0 Å². The van der Waals surface area contributed by atoms with Gasteiger partial charge < -0.3 is 15.2 Å². The van der Waals surface area contributed by atoms with Gasteiger partial charge in [-0.1, -0.05) is 25.7 Å². The maximum absolute atomic E-state index is 6.56. The monoisotopic (exact) mass is 278 g/mol. The number of hydrogen-bond donors (Lipinski definition) is 1. The Labute approximate surface area is 121 Å². The number of hydrogen-bond acceptors (Lipinski definition) is 4. The van der Waals surface area contributed by atoms with Gasteiger partial charge in [-0.2, -0.15) is 0 Å². The van der Waals surface area contributed by atoms with Crippen LogP contribution in [0.5, 0.6) is 5.75 Å². The van der Waals surface area contributed by atoms with Crippen LogP contribution in [0.2, 0.25) is 0 Å². The van der Waals surface area contributed by atoms with Crippen LogP contribution in [-0.2, 0) is 4.74 Å². The highest BCUT2D eigenvalue weighted by molar-refractivity contribution is 5.27. The summed E-state index contributed by atoms with van der Waals surface area (Å²) in [6, 6.07) is 1.83. The predicted octanol–water partition coefficient (Wildman–Crippen LogP) is 3.22. The van der Waals surface area contributed by atoms with Gasteiger partial charge >= 0.3 is 0 Å². The number of methoxy groups -OCH3 is 1. The minimum absolute atomic E-state index is 0.150. The smallest absolute Gasteiger partial charge is 0.137 e. The van der Waals surface area contributed by atoms with Crippen LogP contribution in [0.25, 0.3) is 0 Å². The summed E-state index contributed by atoms with van der Waals surface area (Å²) in [6.45, 7) is 2.74. The Bertz CT molecular complexity index is 415. The topological polar surface area (TPSA) is 57.4 Å². The second-order valence-electron chi connectivity index (χ2n) is 5.55. The van der Waals surface area contributed by atoms with E-state index in [9.17, 15) is 0 Å². The van der Waals surface area contributed by atoms with E-state index >= 15 is 0 Å². The first kappa shape index (κ1) is 15.3. The van der Waals surface area contributed by atoms with Crippen molar-refractivity contribution in [3.63, 3.8) is 0 Å². The van der Waals surface area contributed by atoms with Gasteiger partial charge in [-0.3, -0.25) is 4.98 Å². The lowest BCUT2D eigenvalue weighted by Crippen LogP contribution is -2.43. The first-order chi connectivity index (χ1) is 9.72. The van der Waals surface area contributed by atoms with Crippen LogP contribution in [0.4, 0.5) is 0 Å². The highest BCUT2D eigenvalue weighted by Crippen LogP contribution is 2.39. The Kier molecular flexibility index (Phi) is 5.38. The summed E-state index contributed by atoms with van der Waals surface area (Å²) in [5, 5.41) is 0. The fraction of sp³-hybridized carbons (Fsp3) is 0.688. The van der Waals surface area contributed by atoms with Crippen LogP contribution in [0.15, 0.2) is 18.5 Å². The minimum Gasteiger partial charge on any atom is -0.495 e. The van der Waals surface area contributed by atoms with Gasteiger partial charge in [0, 0.05) is 12.8 Å². The van der Waals surface area contributed by atoms with Crippen LogP contribution >= 0.6 is 0 Å². The number of ether oxygens (including phenoxy) is 2. The van der Waals surface area contributed by atoms with E-state index in [1.807, 2.05) is 19.2 Å². The number of nitrogens with two attached hydrogens (primary N) is 1. The first-order valence-electron chi connectivity index (χ1n) is 7.60. The van der Waals surface area contributed by atoms with Gasteiger partial charge in [-0.05, 0) is 31.4 Å². The standard InChI is InChI=1S/C16H26N2O2/c1-3-20-16(8-6-4-5-7-9-16)15(17)13-10-14(19-2)12-18-11-13/h10-12,15H,3-9,17H2,1-2H3. The molecule has 2 rings (SSSR count). The molecule has 1 aliphatic carbocycles. The Hall–Kier alpha value is -1.13. The summed E-state index contributed by atoms with van der Waals surface area (Å²) < 4.78 is 11.4. The van der Waals surface area contributed by atoms with Gasteiger partial charge in [0.1, 0.15) is 5.75 Å². The molecular formula is C16H26N2O2. The molecular weight excluding hydrogens is 252 g/mol. The molecule has 0 saturated heterocycles. The quantitative estimate of drug-likeness (QED) is 0.840. The van der Waals surface area contributed by atoms with Crippen LogP contribution < -0.4 is 10.5 Å². The van der Waals surface area contributed by atoms with Gasteiger partial charge in [-0.15, -0.1) is 0 Å². The molecule has 1 unspecified atom stereocenters. The Balaban J connectivity index is 2.26. The first-order valence-corrected chi connectivity index (χ1v) is 7.60. The van der Waals surface area contributed by atoms with E-state index < -0.39 is 0 Å². The average molecular weight is 278 g/mol. The van der Waals surface area contributed by atoms with E-state index in [0.717, 1.165) is 24.2 Å². The molecule has 1 heterocycles. The number of nitrogens with zero attached hydrogens (tertiary/aromatic N) is 1. The third kappa shape index (κ3) is 3.30. The molecule has 1 aromatic heterocycles. The molecule has 1 aromatic rings. The molecule has 0 aliphatic heterocycles. The molecule has 1 fully saturated rings. The SMILES string of the molecule is CCOC1(C(N)c2cncc(OC)c2)CCCCCC1. The second-order valence-corrected chi connectivity index (χ2v) is 5.55. The third-order valence-electron chi connectivity index (χ3n) is 4.28. The Morgan fingerprint density at radius 2 is 1.95 bits per heavy atom. The van der Waals surface area contributed by atoms with Gasteiger partial charge in [0.05, 0.1) is 24.9 Å². The predicted molar refractivity (Wildman–Crippen MR) is 79.8 cm³/mol. The maximum atomic E-state index is 6.56. The summed E-state index contributed by atoms with van der Waals surface area (Å²) in [7, 11) is 1.65.